The van der Waals surface area contributed by atoms with Crippen LogP contribution in [0, 0.1) is 0 Å². The van der Waals surface area contributed by atoms with Gasteiger partial charge in [0.15, 0.2) is 0 Å². The molecule has 1 aliphatic heterocycles. The molecule has 1 aromatic carbocycles. The number of benzene rings is 1. The van der Waals surface area contributed by atoms with Gasteiger partial charge in [-0.3, -0.25) is 4.90 Å². The highest BCUT2D eigenvalue weighted by Gasteiger charge is 2.45. The van der Waals surface area contributed by atoms with E-state index >= 15 is 0 Å². The highest BCUT2D eigenvalue weighted by atomic mass is 79.9. The molecule has 8 heteroatoms. The molecule has 1 atom stereocenters. The summed E-state index contributed by atoms with van der Waals surface area (Å²) in [6.07, 6.45) is 0. The molecular formula is C13H16Br2F2N2O2. The van der Waals surface area contributed by atoms with Crippen molar-refractivity contribution in [1.82, 2.24) is 10.2 Å². The maximum Gasteiger partial charge on any atom is 0.290 e. The quantitative estimate of drug-likeness (QED) is 0.688. The van der Waals surface area contributed by atoms with E-state index < -0.39 is 18.6 Å². The number of rotatable bonds is 4. The molecule has 0 bridgehead atoms. The van der Waals surface area contributed by atoms with Crippen molar-refractivity contribution in [3.05, 3.63) is 26.6 Å². The molecule has 1 heterocycles. The molecule has 0 saturated carbocycles. The van der Waals surface area contributed by atoms with Crippen molar-refractivity contribution in [2.24, 2.45) is 0 Å². The monoisotopic (exact) mass is 428 g/mol. The van der Waals surface area contributed by atoms with Gasteiger partial charge >= 0.3 is 0 Å². The summed E-state index contributed by atoms with van der Waals surface area (Å²) >= 11 is 6.41. The fourth-order valence-electron chi connectivity index (χ4n) is 2.51. The number of aromatic hydroxyl groups is 1. The second-order valence-corrected chi connectivity index (χ2v) is 6.70. The number of aliphatic hydroxyl groups excluding tert-OH is 1. The first-order valence-electron chi connectivity index (χ1n) is 6.48. The maximum atomic E-state index is 14.3. The van der Waals surface area contributed by atoms with E-state index in [0.29, 0.717) is 35.1 Å². The number of phenolic OH excluding ortho intramolecular Hbond substituents is 1. The van der Waals surface area contributed by atoms with Crippen LogP contribution in [0.3, 0.4) is 0 Å². The van der Waals surface area contributed by atoms with Crippen molar-refractivity contribution in [2.45, 2.75) is 12.0 Å². The Kier molecular flexibility index (Phi) is 5.59. The second-order valence-electron chi connectivity index (χ2n) is 4.93. The van der Waals surface area contributed by atoms with Gasteiger partial charge in [0, 0.05) is 36.2 Å². The number of alkyl halides is 2. The van der Waals surface area contributed by atoms with Crippen molar-refractivity contribution in [3.63, 3.8) is 0 Å². The van der Waals surface area contributed by atoms with Crippen LogP contribution < -0.4 is 5.32 Å². The Labute approximate surface area is 138 Å². The zero-order valence-electron chi connectivity index (χ0n) is 11.1. The molecule has 4 nitrogen and oxygen atoms in total. The van der Waals surface area contributed by atoms with Crippen molar-refractivity contribution in [2.75, 3.05) is 32.8 Å². The van der Waals surface area contributed by atoms with Gasteiger partial charge in [0.1, 0.15) is 18.4 Å². The van der Waals surface area contributed by atoms with E-state index in [1.54, 1.807) is 11.0 Å². The number of piperazine rings is 1. The number of aliphatic hydroxyl groups is 1. The van der Waals surface area contributed by atoms with Crippen LogP contribution in [0.1, 0.15) is 11.6 Å². The van der Waals surface area contributed by atoms with Gasteiger partial charge in [-0.15, -0.1) is 0 Å². The lowest BCUT2D eigenvalue weighted by atomic mass is 9.97. The zero-order chi connectivity index (χ0) is 15.6. The predicted octanol–water partition coefficient (Wildman–Crippen LogP) is 2.49. The molecule has 0 spiro atoms. The third kappa shape index (κ3) is 3.73. The lowest BCUT2D eigenvalue weighted by molar-refractivity contribution is -0.119. The smallest absolute Gasteiger partial charge is 0.290 e. The minimum atomic E-state index is -3.35. The molecule has 1 saturated heterocycles. The fraction of sp³-hybridized carbons (Fsp3) is 0.538. The second kappa shape index (κ2) is 6.87. The zero-order valence-corrected chi connectivity index (χ0v) is 14.3. The van der Waals surface area contributed by atoms with E-state index in [4.69, 9.17) is 5.11 Å². The predicted molar refractivity (Wildman–Crippen MR) is 82.7 cm³/mol. The Morgan fingerprint density at radius 2 is 1.90 bits per heavy atom. The molecule has 21 heavy (non-hydrogen) atoms. The molecule has 2 rings (SSSR count). The number of halogens is 4. The molecule has 3 N–H and O–H groups in total. The van der Waals surface area contributed by atoms with Crippen LogP contribution in [0.4, 0.5) is 8.78 Å². The van der Waals surface area contributed by atoms with Crippen molar-refractivity contribution >= 4 is 31.9 Å². The van der Waals surface area contributed by atoms with Crippen LogP contribution in [-0.4, -0.2) is 53.8 Å². The molecule has 0 aromatic heterocycles. The van der Waals surface area contributed by atoms with E-state index in [2.05, 4.69) is 37.2 Å². The number of phenols is 1. The van der Waals surface area contributed by atoms with Gasteiger partial charge in [-0.05, 0) is 28.1 Å². The molecule has 0 radical (unpaired) electrons. The summed E-state index contributed by atoms with van der Waals surface area (Å²) in [6, 6.07) is 1.68. The summed E-state index contributed by atoms with van der Waals surface area (Å²) in [5, 5.41) is 22.3. The number of hydrogen-bond acceptors (Lipinski definition) is 4. The third-order valence-electron chi connectivity index (χ3n) is 3.48. The first-order valence-corrected chi connectivity index (χ1v) is 8.07. The molecule has 0 unspecified atom stereocenters. The highest BCUT2D eigenvalue weighted by molar-refractivity contribution is 9.11. The van der Waals surface area contributed by atoms with E-state index in [0.717, 1.165) is 0 Å². The standard InChI is InChI=1S/C13H16Br2F2N2O2/c14-8-5-9(11(21)10(15)6-8)12(13(16,17)7-20)19-3-1-18-2-4-19/h5-6,12,18,20-21H,1-4,7H2/t12-/m1/s1. The van der Waals surface area contributed by atoms with Crippen LogP contribution in [-0.2, 0) is 0 Å². The summed E-state index contributed by atoms with van der Waals surface area (Å²) in [6.45, 7) is 0.751. The molecule has 118 valence electrons. The van der Waals surface area contributed by atoms with Gasteiger partial charge < -0.3 is 15.5 Å². The minimum absolute atomic E-state index is 0.0946. The highest BCUT2D eigenvalue weighted by Crippen LogP contribution is 2.44. The van der Waals surface area contributed by atoms with Crippen LogP contribution in [0.2, 0.25) is 0 Å². The summed E-state index contributed by atoms with van der Waals surface area (Å²) in [5.74, 6) is -3.58. The Morgan fingerprint density at radius 3 is 2.48 bits per heavy atom. The van der Waals surface area contributed by atoms with Gasteiger partial charge in [0.05, 0.1) is 4.47 Å². The molecule has 1 aliphatic rings. The fourth-order valence-corrected chi connectivity index (χ4v) is 3.77. The normalized spacial score (nSPS) is 18.7. The third-order valence-corrected chi connectivity index (χ3v) is 4.54. The molecular weight excluding hydrogens is 414 g/mol. The topological polar surface area (TPSA) is 55.7 Å². The summed E-state index contributed by atoms with van der Waals surface area (Å²) in [5.41, 5.74) is 0.0946. The molecule has 1 aromatic rings. The Balaban J connectivity index is 2.49. The van der Waals surface area contributed by atoms with Crippen molar-refractivity contribution in [1.29, 1.82) is 0 Å². The Bertz CT molecular complexity index is 511. The molecule has 1 fully saturated rings. The number of nitrogens with zero attached hydrogens (tertiary/aromatic N) is 1. The van der Waals surface area contributed by atoms with Crippen LogP contribution >= 0.6 is 31.9 Å². The minimum Gasteiger partial charge on any atom is -0.506 e. The average Bonchev–Trinajstić information content (AvgIpc) is 2.45. The molecule has 0 aliphatic carbocycles. The summed E-state index contributed by atoms with van der Waals surface area (Å²) < 4.78 is 29.5. The molecule has 0 amide bonds. The van der Waals surface area contributed by atoms with Crippen LogP contribution in [0.15, 0.2) is 21.1 Å². The van der Waals surface area contributed by atoms with Crippen molar-refractivity contribution < 1.29 is 19.0 Å². The average molecular weight is 430 g/mol. The van der Waals surface area contributed by atoms with E-state index in [-0.39, 0.29) is 11.3 Å². The first kappa shape index (κ1) is 17.1. The van der Waals surface area contributed by atoms with Gasteiger partial charge in [-0.1, -0.05) is 15.9 Å². The van der Waals surface area contributed by atoms with Crippen molar-refractivity contribution in [3.8, 4) is 5.75 Å². The van der Waals surface area contributed by atoms with Gasteiger partial charge in [0.2, 0.25) is 0 Å². The van der Waals surface area contributed by atoms with Crippen LogP contribution in [0.5, 0.6) is 5.75 Å². The Morgan fingerprint density at radius 1 is 1.29 bits per heavy atom. The van der Waals surface area contributed by atoms with E-state index in [1.165, 1.54) is 6.07 Å². The first-order chi connectivity index (χ1) is 9.86. The van der Waals surface area contributed by atoms with Crippen LogP contribution in [0.25, 0.3) is 0 Å². The van der Waals surface area contributed by atoms with Gasteiger partial charge in [-0.25, -0.2) is 8.78 Å². The summed E-state index contributed by atoms with van der Waals surface area (Å²) in [4.78, 5) is 1.58. The maximum absolute atomic E-state index is 14.3. The Hall–Kier alpha value is -0.280. The largest absolute Gasteiger partial charge is 0.506 e. The van der Waals surface area contributed by atoms with Gasteiger partial charge in [0.25, 0.3) is 5.92 Å². The van der Waals surface area contributed by atoms with Gasteiger partial charge in [-0.2, -0.15) is 0 Å². The lowest BCUT2D eigenvalue weighted by Crippen LogP contribution is -2.51. The summed E-state index contributed by atoms with van der Waals surface area (Å²) in [7, 11) is 0. The van der Waals surface area contributed by atoms with E-state index in [1.807, 2.05) is 0 Å². The van der Waals surface area contributed by atoms with E-state index in [9.17, 15) is 13.9 Å². The number of hydrogen-bond donors (Lipinski definition) is 3. The SMILES string of the molecule is OCC(F)(F)[C@@H](c1cc(Br)cc(Br)c1O)N1CCNCC1. The number of nitrogens with one attached hydrogen (secondary N) is 1. The lowest BCUT2D eigenvalue weighted by Gasteiger charge is -2.39.